The number of piperidine rings is 1. The number of nitrogen functional groups attached to an aromatic ring is 1. The summed E-state index contributed by atoms with van der Waals surface area (Å²) in [5, 5.41) is 9.68. The smallest absolute Gasteiger partial charge is 0.203 e. The third-order valence-electron chi connectivity index (χ3n) is 3.93. The van der Waals surface area contributed by atoms with Crippen LogP contribution in [0.1, 0.15) is 37.1 Å². The summed E-state index contributed by atoms with van der Waals surface area (Å²) < 4.78 is 0. The van der Waals surface area contributed by atoms with Gasteiger partial charge in [-0.05, 0) is 38.1 Å². The predicted octanol–water partition coefficient (Wildman–Crippen LogP) is 1.88. The minimum Gasteiger partial charge on any atom is -0.374 e. The minimum atomic E-state index is 0.593. The summed E-state index contributed by atoms with van der Waals surface area (Å²) in [6.45, 7) is 2.18. The Kier molecular flexibility index (Phi) is 2.81. The molecule has 2 atom stereocenters. The first kappa shape index (κ1) is 10.5. The molecule has 1 aromatic rings. The average molecular weight is 238 g/mol. The summed E-state index contributed by atoms with van der Waals surface area (Å²) in [5.74, 6) is 0.944. The first-order valence-corrected chi connectivity index (χ1v) is 6.96. The maximum absolute atomic E-state index is 5.62. The van der Waals surface area contributed by atoms with Crippen molar-refractivity contribution < 1.29 is 0 Å². The number of hydrogen-bond donors (Lipinski definition) is 1. The van der Waals surface area contributed by atoms with Crippen LogP contribution in [0.15, 0.2) is 0 Å². The second kappa shape index (κ2) is 4.30. The molecule has 4 nitrogen and oxygen atoms in total. The maximum Gasteiger partial charge on any atom is 0.203 e. The van der Waals surface area contributed by atoms with Gasteiger partial charge in [-0.1, -0.05) is 17.8 Å². The normalized spacial score (nSPS) is 30.5. The van der Waals surface area contributed by atoms with E-state index in [2.05, 4.69) is 15.1 Å². The van der Waals surface area contributed by atoms with Crippen molar-refractivity contribution in [2.24, 2.45) is 5.92 Å². The molecular formula is C11H18N4S. The van der Waals surface area contributed by atoms with Gasteiger partial charge in [-0.3, -0.25) is 4.90 Å². The highest BCUT2D eigenvalue weighted by molar-refractivity contribution is 7.15. The quantitative estimate of drug-likeness (QED) is 0.855. The third-order valence-corrected chi connectivity index (χ3v) is 4.67. The van der Waals surface area contributed by atoms with E-state index in [1.54, 1.807) is 0 Å². The second-order valence-corrected chi connectivity index (χ2v) is 6.00. The van der Waals surface area contributed by atoms with Crippen molar-refractivity contribution in [1.29, 1.82) is 0 Å². The van der Waals surface area contributed by atoms with Gasteiger partial charge < -0.3 is 5.73 Å². The molecule has 2 N–H and O–H groups in total. The summed E-state index contributed by atoms with van der Waals surface area (Å²) >= 11 is 1.53. The van der Waals surface area contributed by atoms with Gasteiger partial charge in [0.1, 0.15) is 5.01 Å². The summed E-state index contributed by atoms with van der Waals surface area (Å²) in [6, 6.07) is 0.805. The summed E-state index contributed by atoms with van der Waals surface area (Å²) in [6.07, 6.45) is 6.98. The standard InChI is InChI=1S/C11H18N4S/c12-11-14-13-10(16-11)7-15-6-2-4-8-3-1-5-9(8)15/h8-9H,1-7H2,(H2,12,14). The number of aromatic nitrogens is 2. The van der Waals surface area contributed by atoms with E-state index in [1.807, 2.05) is 0 Å². The zero-order chi connectivity index (χ0) is 11.0. The van der Waals surface area contributed by atoms with Gasteiger partial charge in [0.25, 0.3) is 0 Å². The molecule has 1 saturated carbocycles. The van der Waals surface area contributed by atoms with Crippen molar-refractivity contribution in [2.45, 2.75) is 44.7 Å². The minimum absolute atomic E-state index is 0.593. The van der Waals surface area contributed by atoms with Crippen LogP contribution in [0.5, 0.6) is 0 Å². The lowest BCUT2D eigenvalue weighted by Crippen LogP contribution is -2.41. The Balaban J connectivity index is 1.69. The van der Waals surface area contributed by atoms with Crippen LogP contribution in [0.2, 0.25) is 0 Å². The predicted molar refractivity (Wildman–Crippen MR) is 65.1 cm³/mol. The molecule has 5 heteroatoms. The van der Waals surface area contributed by atoms with Crippen molar-refractivity contribution in [3.8, 4) is 0 Å². The fourth-order valence-corrected chi connectivity index (χ4v) is 3.89. The monoisotopic (exact) mass is 238 g/mol. The molecule has 2 fully saturated rings. The molecule has 88 valence electrons. The highest BCUT2D eigenvalue weighted by Gasteiger charge is 2.35. The SMILES string of the molecule is Nc1nnc(CN2CCCC3CCCC32)s1. The Labute approximate surface area is 99.9 Å². The maximum atomic E-state index is 5.62. The molecule has 0 amide bonds. The van der Waals surface area contributed by atoms with Gasteiger partial charge in [-0.25, -0.2) is 0 Å². The van der Waals surface area contributed by atoms with Gasteiger partial charge in [-0.2, -0.15) is 0 Å². The van der Waals surface area contributed by atoms with Crippen molar-refractivity contribution >= 4 is 16.5 Å². The van der Waals surface area contributed by atoms with E-state index >= 15 is 0 Å². The number of nitrogens with zero attached hydrogens (tertiary/aromatic N) is 3. The van der Waals surface area contributed by atoms with Crippen molar-refractivity contribution in [2.75, 3.05) is 12.3 Å². The second-order valence-electron chi connectivity index (χ2n) is 4.91. The highest BCUT2D eigenvalue weighted by atomic mass is 32.1. The summed E-state index contributed by atoms with van der Waals surface area (Å²) in [7, 11) is 0. The van der Waals surface area contributed by atoms with Crippen LogP contribution >= 0.6 is 11.3 Å². The summed E-state index contributed by atoms with van der Waals surface area (Å²) in [5.41, 5.74) is 5.62. The topological polar surface area (TPSA) is 55.0 Å². The van der Waals surface area contributed by atoms with E-state index in [-0.39, 0.29) is 0 Å². The Morgan fingerprint density at radius 1 is 1.25 bits per heavy atom. The number of nitrogens with two attached hydrogens (primary N) is 1. The fraction of sp³-hybridized carbons (Fsp3) is 0.818. The zero-order valence-corrected chi connectivity index (χ0v) is 10.2. The first-order valence-electron chi connectivity index (χ1n) is 6.15. The van der Waals surface area contributed by atoms with E-state index < -0.39 is 0 Å². The molecule has 1 aliphatic carbocycles. The van der Waals surface area contributed by atoms with Crippen LogP contribution < -0.4 is 5.73 Å². The Hall–Kier alpha value is -0.680. The summed E-state index contributed by atoms with van der Waals surface area (Å²) in [4.78, 5) is 2.60. The molecule has 1 aliphatic heterocycles. The molecule has 0 radical (unpaired) electrons. The molecule has 16 heavy (non-hydrogen) atoms. The lowest BCUT2D eigenvalue weighted by Gasteiger charge is -2.37. The largest absolute Gasteiger partial charge is 0.374 e. The number of hydrogen-bond acceptors (Lipinski definition) is 5. The molecule has 0 bridgehead atoms. The third kappa shape index (κ3) is 1.94. The molecule has 3 rings (SSSR count). The van der Waals surface area contributed by atoms with Gasteiger partial charge in [0.05, 0.1) is 6.54 Å². The fourth-order valence-electron chi connectivity index (χ4n) is 3.26. The molecular weight excluding hydrogens is 220 g/mol. The van der Waals surface area contributed by atoms with Gasteiger partial charge in [0, 0.05) is 6.04 Å². The molecule has 2 heterocycles. The Morgan fingerprint density at radius 2 is 2.12 bits per heavy atom. The van der Waals surface area contributed by atoms with Crippen LogP contribution in [-0.2, 0) is 6.54 Å². The number of fused-ring (bicyclic) bond motifs is 1. The van der Waals surface area contributed by atoms with Crippen LogP contribution in [-0.4, -0.2) is 27.7 Å². The molecule has 1 saturated heterocycles. The van der Waals surface area contributed by atoms with Gasteiger partial charge in [0.15, 0.2) is 0 Å². The van der Waals surface area contributed by atoms with Gasteiger partial charge >= 0.3 is 0 Å². The van der Waals surface area contributed by atoms with E-state index in [4.69, 9.17) is 5.73 Å². The van der Waals surface area contributed by atoms with Crippen LogP contribution in [0, 0.1) is 5.92 Å². The van der Waals surface area contributed by atoms with Crippen LogP contribution in [0.4, 0.5) is 5.13 Å². The zero-order valence-electron chi connectivity index (χ0n) is 9.43. The van der Waals surface area contributed by atoms with E-state index in [9.17, 15) is 0 Å². The van der Waals surface area contributed by atoms with E-state index in [0.717, 1.165) is 23.5 Å². The highest BCUT2D eigenvalue weighted by Crippen LogP contribution is 2.37. The van der Waals surface area contributed by atoms with E-state index in [0.29, 0.717) is 5.13 Å². The Bertz CT molecular complexity index is 365. The average Bonchev–Trinajstić information content (AvgIpc) is 2.87. The molecule has 2 aliphatic rings. The number of anilines is 1. The Morgan fingerprint density at radius 3 is 2.94 bits per heavy atom. The lowest BCUT2D eigenvalue weighted by molar-refractivity contribution is 0.105. The van der Waals surface area contributed by atoms with Crippen LogP contribution in [0.3, 0.4) is 0 Å². The molecule has 0 spiro atoms. The molecule has 2 unspecified atom stereocenters. The molecule has 1 aromatic heterocycles. The number of rotatable bonds is 2. The lowest BCUT2D eigenvalue weighted by atomic mass is 9.92. The van der Waals surface area contributed by atoms with Crippen molar-refractivity contribution in [1.82, 2.24) is 15.1 Å². The van der Waals surface area contributed by atoms with Crippen LogP contribution in [0.25, 0.3) is 0 Å². The molecule has 0 aromatic carbocycles. The van der Waals surface area contributed by atoms with Gasteiger partial charge in [0.2, 0.25) is 5.13 Å². The number of likely N-dealkylation sites (tertiary alicyclic amines) is 1. The van der Waals surface area contributed by atoms with Crippen molar-refractivity contribution in [3.05, 3.63) is 5.01 Å². The van der Waals surface area contributed by atoms with Crippen molar-refractivity contribution in [3.63, 3.8) is 0 Å². The van der Waals surface area contributed by atoms with Gasteiger partial charge in [-0.15, -0.1) is 10.2 Å². The first-order chi connectivity index (χ1) is 7.83. The van der Waals surface area contributed by atoms with E-state index in [1.165, 1.54) is 50.0 Å².